The summed E-state index contributed by atoms with van der Waals surface area (Å²) in [5, 5.41) is 23.1. The first-order valence-electron chi connectivity index (χ1n) is 6.01. The van der Waals surface area contributed by atoms with E-state index in [1.54, 1.807) is 15.9 Å². The molecule has 0 radical (unpaired) electrons. The van der Waals surface area contributed by atoms with Crippen LogP contribution < -0.4 is 0 Å². The van der Waals surface area contributed by atoms with Gasteiger partial charge in [0.2, 0.25) is 4.96 Å². The monoisotopic (exact) mass is 302 g/mol. The molecule has 0 atom stereocenters. The average Bonchev–Trinajstić information content (AvgIpc) is 3.12. The Hall–Kier alpha value is -2.06. The van der Waals surface area contributed by atoms with Crippen LogP contribution in [0.4, 0.5) is 0 Å². The van der Waals surface area contributed by atoms with Crippen LogP contribution in [0.3, 0.4) is 0 Å². The van der Waals surface area contributed by atoms with Crippen LogP contribution in [-0.4, -0.2) is 30.0 Å². The third-order valence-corrected chi connectivity index (χ3v) is 4.91. The number of thiophene rings is 1. The van der Waals surface area contributed by atoms with Crippen LogP contribution in [0.25, 0.3) is 26.4 Å². The smallest absolute Gasteiger partial charge is 0.235 e. The third-order valence-electron chi connectivity index (χ3n) is 2.98. The van der Waals surface area contributed by atoms with Crippen molar-refractivity contribution < 1.29 is 0 Å². The van der Waals surface area contributed by atoms with Gasteiger partial charge in [-0.25, -0.2) is 0 Å². The number of nitrogens with one attached hydrogen (secondary N) is 1. The summed E-state index contributed by atoms with van der Waals surface area (Å²) in [6.45, 7) is 4.04. The summed E-state index contributed by atoms with van der Waals surface area (Å²) in [5.74, 6) is 0.794. The normalized spacial score (nSPS) is 11.5. The molecule has 0 bridgehead atoms. The SMILES string of the molecule is Cc1cc(-c2nn3c(-c4sccc4C)nnc3s2)n[nH]1. The van der Waals surface area contributed by atoms with Gasteiger partial charge >= 0.3 is 0 Å². The van der Waals surface area contributed by atoms with Crippen LogP contribution in [0.5, 0.6) is 0 Å². The molecule has 8 heteroatoms. The molecule has 4 rings (SSSR count). The van der Waals surface area contributed by atoms with Crippen LogP contribution in [0.15, 0.2) is 17.5 Å². The average molecular weight is 302 g/mol. The summed E-state index contributed by atoms with van der Waals surface area (Å²) < 4.78 is 1.79. The number of aromatic amines is 1. The summed E-state index contributed by atoms with van der Waals surface area (Å²) in [4.78, 5) is 1.89. The Labute approximate surface area is 122 Å². The first kappa shape index (κ1) is 11.7. The van der Waals surface area contributed by atoms with Crippen LogP contribution >= 0.6 is 22.7 Å². The van der Waals surface area contributed by atoms with E-state index in [9.17, 15) is 0 Å². The number of hydrogen-bond donors (Lipinski definition) is 1. The van der Waals surface area contributed by atoms with Gasteiger partial charge in [0.05, 0.1) is 4.88 Å². The largest absolute Gasteiger partial charge is 0.282 e. The van der Waals surface area contributed by atoms with Crippen molar-refractivity contribution in [3.63, 3.8) is 0 Å². The van der Waals surface area contributed by atoms with Crippen LogP contribution in [-0.2, 0) is 0 Å². The van der Waals surface area contributed by atoms with Crippen molar-refractivity contribution >= 4 is 27.6 Å². The summed E-state index contributed by atoms with van der Waals surface area (Å²) in [6.07, 6.45) is 0. The fourth-order valence-corrected chi connectivity index (χ4v) is 3.69. The van der Waals surface area contributed by atoms with Gasteiger partial charge in [0.25, 0.3) is 0 Å². The van der Waals surface area contributed by atoms with E-state index in [2.05, 4.69) is 43.9 Å². The molecule has 0 aliphatic carbocycles. The van der Waals surface area contributed by atoms with Crippen molar-refractivity contribution in [3.05, 3.63) is 28.8 Å². The molecule has 0 spiro atoms. The number of aryl methyl sites for hydroxylation is 2. The van der Waals surface area contributed by atoms with Gasteiger partial charge in [-0.3, -0.25) is 5.10 Å². The molecule has 0 saturated carbocycles. The zero-order valence-electron chi connectivity index (χ0n) is 10.8. The van der Waals surface area contributed by atoms with Crippen LogP contribution in [0, 0.1) is 13.8 Å². The van der Waals surface area contributed by atoms with E-state index in [4.69, 9.17) is 0 Å². The van der Waals surface area contributed by atoms with Crippen molar-refractivity contribution in [2.24, 2.45) is 0 Å². The fraction of sp³-hybridized carbons (Fsp3) is 0.167. The van der Waals surface area contributed by atoms with E-state index in [1.807, 2.05) is 13.0 Å². The molecule has 20 heavy (non-hydrogen) atoms. The number of fused-ring (bicyclic) bond motifs is 1. The molecular formula is C12H10N6S2. The van der Waals surface area contributed by atoms with Gasteiger partial charge in [-0.05, 0) is 36.9 Å². The maximum absolute atomic E-state index is 4.59. The standard InChI is InChI=1S/C12H10N6S2/c1-6-3-4-19-9(6)10-15-16-12-18(10)17-11(20-12)8-5-7(2)13-14-8/h3-5H,1-2H3,(H,13,14). The minimum Gasteiger partial charge on any atom is -0.282 e. The van der Waals surface area contributed by atoms with Crippen LogP contribution in [0.2, 0.25) is 0 Å². The molecule has 6 nitrogen and oxygen atoms in total. The quantitative estimate of drug-likeness (QED) is 0.618. The third kappa shape index (κ3) is 1.69. The summed E-state index contributed by atoms with van der Waals surface area (Å²) >= 11 is 3.14. The van der Waals surface area contributed by atoms with Gasteiger partial charge in [0.1, 0.15) is 5.69 Å². The molecule has 0 aliphatic heterocycles. The number of hydrogen-bond acceptors (Lipinski definition) is 6. The van der Waals surface area contributed by atoms with Crippen molar-refractivity contribution in [3.8, 4) is 21.4 Å². The lowest BCUT2D eigenvalue weighted by Gasteiger charge is -1.93. The number of H-pyrrole nitrogens is 1. The summed E-state index contributed by atoms with van der Waals surface area (Å²) in [6, 6.07) is 4.05. The van der Waals surface area contributed by atoms with Crippen molar-refractivity contribution in [2.75, 3.05) is 0 Å². The van der Waals surface area contributed by atoms with E-state index in [-0.39, 0.29) is 0 Å². The fourth-order valence-electron chi connectivity index (χ4n) is 1.99. The van der Waals surface area contributed by atoms with Crippen LogP contribution in [0.1, 0.15) is 11.3 Å². The highest BCUT2D eigenvalue weighted by molar-refractivity contribution is 7.19. The Morgan fingerprint density at radius 2 is 2.15 bits per heavy atom. The maximum atomic E-state index is 4.59. The summed E-state index contributed by atoms with van der Waals surface area (Å²) in [7, 11) is 0. The van der Waals surface area contributed by atoms with Gasteiger partial charge in [0, 0.05) is 5.69 Å². The lowest BCUT2D eigenvalue weighted by Crippen LogP contribution is -1.90. The Morgan fingerprint density at radius 1 is 1.25 bits per heavy atom. The molecule has 0 fully saturated rings. The van der Waals surface area contributed by atoms with Gasteiger partial charge in [-0.15, -0.1) is 21.5 Å². The predicted molar refractivity (Wildman–Crippen MR) is 79.0 cm³/mol. The minimum atomic E-state index is 0.781. The van der Waals surface area contributed by atoms with E-state index in [1.165, 1.54) is 16.9 Å². The molecule has 4 heterocycles. The molecule has 0 amide bonds. The summed E-state index contributed by atoms with van der Waals surface area (Å²) in [5.41, 5.74) is 3.04. The molecule has 100 valence electrons. The topological polar surface area (TPSA) is 71.8 Å². The Bertz CT molecular complexity index is 896. The second-order valence-corrected chi connectivity index (χ2v) is 6.37. The number of aromatic nitrogens is 6. The lowest BCUT2D eigenvalue weighted by atomic mass is 10.3. The molecule has 0 aromatic carbocycles. The molecule has 0 unspecified atom stereocenters. The maximum Gasteiger partial charge on any atom is 0.235 e. The highest BCUT2D eigenvalue weighted by atomic mass is 32.1. The van der Waals surface area contributed by atoms with Gasteiger partial charge in [0.15, 0.2) is 10.8 Å². The van der Waals surface area contributed by atoms with E-state index < -0.39 is 0 Å². The molecule has 1 N–H and O–H groups in total. The lowest BCUT2D eigenvalue weighted by molar-refractivity contribution is 0.964. The van der Waals surface area contributed by atoms with Gasteiger partial charge < -0.3 is 0 Å². The van der Waals surface area contributed by atoms with Crippen molar-refractivity contribution in [2.45, 2.75) is 13.8 Å². The molecule has 4 aromatic heterocycles. The van der Waals surface area contributed by atoms with Crippen molar-refractivity contribution in [1.82, 2.24) is 30.0 Å². The zero-order valence-corrected chi connectivity index (χ0v) is 12.4. The highest BCUT2D eigenvalue weighted by Crippen LogP contribution is 2.31. The molecular weight excluding hydrogens is 292 g/mol. The van der Waals surface area contributed by atoms with Crippen molar-refractivity contribution in [1.29, 1.82) is 0 Å². The number of rotatable bonds is 2. The second-order valence-electron chi connectivity index (χ2n) is 4.49. The first-order chi connectivity index (χ1) is 9.72. The van der Waals surface area contributed by atoms with Gasteiger partial charge in [-0.2, -0.15) is 14.7 Å². The van der Waals surface area contributed by atoms with Gasteiger partial charge in [-0.1, -0.05) is 11.3 Å². The Balaban J connectivity index is 1.89. The Morgan fingerprint density at radius 3 is 2.85 bits per heavy atom. The number of nitrogens with zero attached hydrogens (tertiary/aromatic N) is 5. The van der Waals surface area contributed by atoms with E-state index in [0.29, 0.717) is 0 Å². The highest BCUT2D eigenvalue weighted by Gasteiger charge is 2.17. The second kappa shape index (κ2) is 4.22. The minimum absolute atomic E-state index is 0.781. The zero-order chi connectivity index (χ0) is 13.7. The van der Waals surface area contributed by atoms with E-state index in [0.717, 1.165) is 32.1 Å². The van der Waals surface area contributed by atoms with E-state index >= 15 is 0 Å². The Kier molecular flexibility index (Phi) is 2.48. The predicted octanol–water partition coefficient (Wildman–Crippen LogP) is 2.92. The molecule has 0 saturated heterocycles. The molecule has 0 aliphatic rings. The first-order valence-corrected chi connectivity index (χ1v) is 7.71. The molecule has 4 aromatic rings.